The van der Waals surface area contributed by atoms with Gasteiger partial charge in [-0.1, -0.05) is 60.7 Å². The van der Waals surface area contributed by atoms with Crippen molar-refractivity contribution in [1.29, 1.82) is 0 Å². The molecule has 1 radical (unpaired) electrons. The number of hydrogen-bond acceptors (Lipinski definition) is 9. The molecule has 0 fully saturated rings. The third kappa shape index (κ3) is 9.14. The van der Waals surface area contributed by atoms with E-state index in [4.69, 9.17) is 0 Å². The van der Waals surface area contributed by atoms with E-state index in [0.717, 1.165) is 9.80 Å². The van der Waals surface area contributed by atoms with Gasteiger partial charge in [-0.15, -0.1) is 0 Å². The Morgan fingerprint density at radius 2 is 0.939 bits per heavy atom. The van der Waals surface area contributed by atoms with Crippen LogP contribution in [0.3, 0.4) is 0 Å². The normalized spacial score (nSPS) is 12.5. The molecule has 2 aromatic carbocycles. The van der Waals surface area contributed by atoms with Crippen LogP contribution in [-0.2, 0) is 19.2 Å². The summed E-state index contributed by atoms with van der Waals surface area (Å²) in [5, 5.41) is 43.7. The summed E-state index contributed by atoms with van der Waals surface area (Å²) in [4.78, 5) is 48.0. The van der Waals surface area contributed by atoms with Crippen molar-refractivity contribution in [1.82, 2.24) is 9.80 Å². The summed E-state index contributed by atoms with van der Waals surface area (Å²) in [6.07, 6.45) is 0. The number of carboxylic acids is 4. The van der Waals surface area contributed by atoms with Gasteiger partial charge in [0, 0.05) is 19.6 Å². The topological polar surface area (TPSA) is 164 Å². The zero-order valence-electron chi connectivity index (χ0n) is 17.3. The largest absolute Gasteiger partial charge is 3.00 e. The molecule has 2 aromatic rings. The average molecular weight is 599 g/mol. The Balaban J connectivity index is 0.00000544. The molecule has 0 aliphatic carbocycles. The van der Waals surface area contributed by atoms with Gasteiger partial charge in [-0.3, -0.25) is 14.6 Å². The van der Waals surface area contributed by atoms with Crippen LogP contribution < -0.4 is 15.3 Å². The molecule has 0 amide bonds. The second-order valence-electron chi connectivity index (χ2n) is 7.03. The van der Waals surface area contributed by atoms with E-state index in [-0.39, 0.29) is 39.9 Å². The molecule has 0 heterocycles. The summed E-state index contributed by atoms with van der Waals surface area (Å²) < 4.78 is 0. The summed E-state index contributed by atoms with van der Waals surface area (Å²) in [6, 6.07) is 14.2. The minimum atomic E-state index is -1.57. The Kier molecular flexibility index (Phi) is 12.1. The van der Waals surface area contributed by atoms with Gasteiger partial charge in [0.2, 0.25) is 0 Å². The molecular formula is C22H21GdN2O8. The van der Waals surface area contributed by atoms with E-state index in [1.54, 1.807) is 60.7 Å². The molecule has 175 valence electrons. The number of nitrogens with zero attached hydrogens (tertiary/aromatic N) is 2. The predicted molar refractivity (Wildman–Crippen MR) is 104 cm³/mol. The van der Waals surface area contributed by atoms with Gasteiger partial charge < -0.3 is 34.8 Å². The number of hydrogen-bond donors (Lipinski definition) is 1. The maximum Gasteiger partial charge on any atom is 3.00 e. The predicted octanol–water partition coefficient (Wildman–Crippen LogP) is -2.59. The van der Waals surface area contributed by atoms with Crippen molar-refractivity contribution in [2.75, 3.05) is 26.2 Å². The van der Waals surface area contributed by atoms with Crippen LogP contribution in [0, 0.1) is 39.9 Å². The number of aliphatic carboxylic acids is 4. The molecule has 0 aliphatic rings. The van der Waals surface area contributed by atoms with Gasteiger partial charge in [0.15, 0.2) is 0 Å². The molecular weight excluding hydrogens is 577 g/mol. The van der Waals surface area contributed by atoms with Crippen LogP contribution in [0.5, 0.6) is 0 Å². The summed E-state index contributed by atoms with van der Waals surface area (Å²) in [7, 11) is 0. The van der Waals surface area contributed by atoms with Gasteiger partial charge in [0.1, 0.15) is 0 Å². The maximum absolute atomic E-state index is 11.5. The third-order valence-corrected chi connectivity index (χ3v) is 4.70. The maximum atomic E-state index is 11.5. The SMILES string of the molecule is O=C([O-])CN(CC(=O)[O-])C(c1ccccc1)C(c1ccccc1)N(CC(=O)[O-])CC(=O)O.[Gd+3]. The second kappa shape index (κ2) is 14.0. The number of rotatable bonds is 13. The van der Waals surface area contributed by atoms with Crippen molar-refractivity contribution in [3.63, 3.8) is 0 Å². The third-order valence-electron chi connectivity index (χ3n) is 4.70. The Morgan fingerprint density at radius 3 is 1.21 bits per heavy atom. The molecule has 0 saturated heterocycles. The van der Waals surface area contributed by atoms with E-state index in [9.17, 15) is 39.6 Å². The van der Waals surface area contributed by atoms with Crippen LogP contribution in [0.4, 0.5) is 0 Å². The summed E-state index contributed by atoms with van der Waals surface area (Å²) in [5.41, 5.74) is 0.892. The number of carbonyl (C=O) groups is 4. The van der Waals surface area contributed by atoms with Crippen LogP contribution in [-0.4, -0.2) is 65.0 Å². The minimum absolute atomic E-state index is 0. The zero-order valence-corrected chi connectivity index (χ0v) is 19.6. The first-order valence-corrected chi connectivity index (χ1v) is 9.58. The summed E-state index contributed by atoms with van der Waals surface area (Å²) in [5.74, 6) is -6.01. The Morgan fingerprint density at radius 1 is 0.636 bits per heavy atom. The molecule has 0 aromatic heterocycles. The number of carboxylic acid groups (broad SMARTS) is 4. The van der Waals surface area contributed by atoms with Crippen molar-refractivity contribution in [2.24, 2.45) is 0 Å². The zero-order chi connectivity index (χ0) is 23.7. The van der Waals surface area contributed by atoms with Crippen molar-refractivity contribution in [3.8, 4) is 0 Å². The molecule has 0 spiro atoms. The smallest absolute Gasteiger partial charge is 0.549 e. The van der Waals surface area contributed by atoms with Crippen LogP contribution in [0.1, 0.15) is 23.2 Å². The monoisotopic (exact) mass is 599 g/mol. The van der Waals surface area contributed by atoms with Crippen LogP contribution in [0.25, 0.3) is 0 Å². The van der Waals surface area contributed by atoms with Gasteiger partial charge in [-0.05, 0) is 11.1 Å². The Labute approximate surface area is 222 Å². The van der Waals surface area contributed by atoms with Gasteiger partial charge >= 0.3 is 45.9 Å². The van der Waals surface area contributed by atoms with Crippen LogP contribution >= 0.6 is 0 Å². The van der Waals surface area contributed by atoms with Crippen molar-refractivity contribution in [3.05, 3.63) is 71.8 Å². The fourth-order valence-electron chi connectivity index (χ4n) is 3.66. The molecule has 10 nitrogen and oxygen atoms in total. The van der Waals surface area contributed by atoms with Gasteiger partial charge in [-0.25, -0.2) is 0 Å². The quantitative estimate of drug-likeness (QED) is 0.259. The van der Waals surface area contributed by atoms with E-state index >= 15 is 0 Å². The fourth-order valence-corrected chi connectivity index (χ4v) is 3.66. The van der Waals surface area contributed by atoms with Crippen LogP contribution in [0.15, 0.2) is 60.7 Å². The van der Waals surface area contributed by atoms with E-state index in [1.807, 2.05) is 0 Å². The second-order valence-corrected chi connectivity index (χ2v) is 7.03. The first kappa shape index (κ1) is 28.6. The average Bonchev–Trinajstić information content (AvgIpc) is 2.71. The van der Waals surface area contributed by atoms with Crippen molar-refractivity contribution >= 4 is 23.9 Å². The van der Waals surface area contributed by atoms with Crippen LogP contribution in [0.2, 0.25) is 0 Å². The van der Waals surface area contributed by atoms with E-state index in [0.29, 0.717) is 11.1 Å². The molecule has 33 heavy (non-hydrogen) atoms. The van der Waals surface area contributed by atoms with Crippen molar-refractivity contribution in [2.45, 2.75) is 12.1 Å². The summed E-state index contributed by atoms with van der Waals surface area (Å²) in [6.45, 7) is -3.15. The number of carbonyl (C=O) groups excluding carboxylic acids is 3. The van der Waals surface area contributed by atoms with Gasteiger partial charge in [0.05, 0.1) is 36.5 Å². The van der Waals surface area contributed by atoms with Gasteiger partial charge in [0.25, 0.3) is 0 Å². The van der Waals surface area contributed by atoms with E-state index in [2.05, 4.69) is 0 Å². The fraction of sp³-hybridized carbons (Fsp3) is 0.273. The minimum Gasteiger partial charge on any atom is -0.549 e. The Bertz CT molecular complexity index is 832. The van der Waals surface area contributed by atoms with E-state index < -0.39 is 62.1 Å². The summed E-state index contributed by atoms with van der Waals surface area (Å²) >= 11 is 0. The molecule has 2 unspecified atom stereocenters. The van der Waals surface area contributed by atoms with Crippen molar-refractivity contribution < 1.29 is 79.5 Å². The molecule has 2 rings (SSSR count). The molecule has 2 atom stereocenters. The first-order chi connectivity index (χ1) is 15.2. The molecule has 0 bridgehead atoms. The molecule has 0 saturated carbocycles. The first-order valence-electron chi connectivity index (χ1n) is 9.58. The molecule has 1 N–H and O–H groups in total. The molecule has 0 aliphatic heterocycles. The van der Waals surface area contributed by atoms with E-state index in [1.165, 1.54) is 0 Å². The number of benzene rings is 2. The van der Waals surface area contributed by atoms with Gasteiger partial charge in [-0.2, -0.15) is 0 Å². The standard InChI is InChI=1S/C22H24N2O8.Gd/c25-17(26)11-23(12-18(27)28)21(15-7-3-1-4-8-15)22(16-9-5-2-6-10-16)24(13-19(29)30)14-20(31)32;/h1-10,21-22H,11-14H2,(H,25,26)(H,27,28)(H,29,30)(H,31,32);/q;+3/p-3. The molecule has 11 heteroatoms. The Hall–Kier alpha value is -2.44.